The van der Waals surface area contributed by atoms with Crippen molar-refractivity contribution in [3.63, 3.8) is 0 Å². The molecule has 0 saturated carbocycles. The minimum atomic E-state index is 0.250. The van der Waals surface area contributed by atoms with Crippen LogP contribution in [0.2, 0.25) is 0 Å². The lowest BCUT2D eigenvalue weighted by atomic mass is 10.1. The molecule has 5 nitrogen and oxygen atoms in total. The molecule has 0 saturated heterocycles. The van der Waals surface area contributed by atoms with Crippen LogP contribution in [0.3, 0.4) is 0 Å². The Morgan fingerprint density at radius 2 is 2.31 bits per heavy atom. The van der Waals surface area contributed by atoms with E-state index in [1.54, 1.807) is 12.1 Å². The topological polar surface area (TPSA) is 63.8 Å². The molecule has 0 aliphatic heterocycles. The summed E-state index contributed by atoms with van der Waals surface area (Å²) < 4.78 is 1.53. The summed E-state index contributed by atoms with van der Waals surface area (Å²) in [5.74, 6) is 3.33. The Hall–Kier alpha value is -2.35. The van der Waals surface area contributed by atoms with E-state index in [-0.39, 0.29) is 5.75 Å². The Bertz CT molecular complexity index is 553. The fraction of sp³-hybridized carbons (Fsp3) is 0.182. The maximum absolute atomic E-state index is 9.42. The molecule has 0 fully saturated rings. The first-order valence-electron chi connectivity index (χ1n) is 4.72. The summed E-state index contributed by atoms with van der Waals surface area (Å²) in [5, 5.41) is 20.7. The van der Waals surface area contributed by atoms with Crippen molar-refractivity contribution < 1.29 is 5.11 Å². The third kappa shape index (κ3) is 1.73. The second-order valence-corrected chi connectivity index (χ2v) is 3.37. The zero-order valence-corrected chi connectivity index (χ0v) is 8.75. The molecule has 0 amide bonds. The van der Waals surface area contributed by atoms with E-state index < -0.39 is 0 Å². The Morgan fingerprint density at radius 3 is 3.00 bits per heavy atom. The Morgan fingerprint density at radius 1 is 1.50 bits per heavy atom. The van der Waals surface area contributed by atoms with Gasteiger partial charge in [-0.25, -0.2) is 4.68 Å². The number of tetrazole rings is 1. The van der Waals surface area contributed by atoms with Gasteiger partial charge in [-0.2, -0.15) is 0 Å². The lowest BCUT2D eigenvalue weighted by Gasteiger charge is -2.03. The first-order chi connectivity index (χ1) is 7.72. The zero-order chi connectivity index (χ0) is 11.5. The number of nitrogens with zero attached hydrogens (tertiary/aromatic N) is 4. The van der Waals surface area contributed by atoms with Gasteiger partial charge >= 0.3 is 0 Å². The molecule has 1 N–H and O–H groups in total. The van der Waals surface area contributed by atoms with E-state index in [9.17, 15) is 5.11 Å². The molecule has 0 aliphatic rings. The predicted molar refractivity (Wildman–Crippen MR) is 58.5 cm³/mol. The van der Waals surface area contributed by atoms with Crippen LogP contribution >= 0.6 is 0 Å². The molecule has 5 heteroatoms. The lowest BCUT2D eigenvalue weighted by molar-refractivity contribution is 0.471. The minimum Gasteiger partial charge on any atom is -0.508 e. The summed E-state index contributed by atoms with van der Waals surface area (Å²) in [6, 6.07) is 5.18. The molecule has 0 unspecified atom stereocenters. The summed E-state index contributed by atoms with van der Waals surface area (Å²) in [4.78, 5) is 0. The van der Waals surface area contributed by atoms with Crippen molar-refractivity contribution in [2.75, 3.05) is 0 Å². The largest absolute Gasteiger partial charge is 0.508 e. The molecule has 16 heavy (non-hydrogen) atoms. The number of aromatic hydroxyl groups is 1. The molecule has 0 bridgehead atoms. The van der Waals surface area contributed by atoms with E-state index in [0.717, 1.165) is 11.1 Å². The van der Waals surface area contributed by atoms with Crippen LogP contribution in [0.25, 0.3) is 11.4 Å². The highest BCUT2D eigenvalue weighted by Crippen LogP contribution is 2.23. The number of phenols is 1. The van der Waals surface area contributed by atoms with E-state index in [4.69, 9.17) is 6.42 Å². The van der Waals surface area contributed by atoms with Crippen LogP contribution in [0.5, 0.6) is 5.75 Å². The van der Waals surface area contributed by atoms with E-state index in [0.29, 0.717) is 12.4 Å². The van der Waals surface area contributed by atoms with Crippen LogP contribution in [-0.4, -0.2) is 25.3 Å². The molecule has 0 spiro atoms. The highest BCUT2D eigenvalue weighted by atomic mass is 16.3. The molecular weight excluding hydrogens is 204 g/mol. The van der Waals surface area contributed by atoms with Crippen molar-refractivity contribution in [2.24, 2.45) is 0 Å². The van der Waals surface area contributed by atoms with Crippen molar-refractivity contribution in [2.45, 2.75) is 13.5 Å². The van der Waals surface area contributed by atoms with Crippen LogP contribution in [0, 0.1) is 19.3 Å². The van der Waals surface area contributed by atoms with Crippen molar-refractivity contribution >= 4 is 0 Å². The summed E-state index contributed by atoms with van der Waals surface area (Å²) in [6.45, 7) is 2.14. The van der Waals surface area contributed by atoms with Gasteiger partial charge in [0.1, 0.15) is 12.3 Å². The zero-order valence-electron chi connectivity index (χ0n) is 8.75. The first-order valence-corrected chi connectivity index (χ1v) is 4.72. The van der Waals surface area contributed by atoms with Gasteiger partial charge in [-0.05, 0) is 41.1 Å². The summed E-state index contributed by atoms with van der Waals surface area (Å²) in [7, 11) is 0. The van der Waals surface area contributed by atoms with Gasteiger partial charge in [-0.1, -0.05) is 5.92 Å². The molecule has 1 heterocycles. The standard InChI is InChI=1S/C11H10N4O/c1-3-6-15-11(12-13-14-15)9-4-5-10(16)8(2)7-9/h1,4-5,7,16H,6H2,2H3. The molecular formula is C11H10N4O. The van der Waals surface area contributed by atoms with Crippen molar-refractivity contribution in [1.82, 2.24) is 20.2 Å². The quantitative estimate of drug-likeness (QED) is 0.757. The average molecular weight is 214 g/mol. The van der Waals surface area contributed by atoms with E-state index >= 15 is 0 Å². The third-order valence-electron chi connectivity index (χ3n) is 2.23. The van der Waals surface area contributed by atoms with Crippen LogP contribution in [0.1, 0.15) is 5.56 Å². The maximum atomic E-state index is 9.42. The van der Waals surface area contributed by atoms with Gasteiger partial charge in [0.2, 0.25) is 0 Å². The molecule has 0 aliphatic carbocycles. The van der Waals surface area contributed by atoms with Crippen LogP contribution < -0.4 is 0 Å². The summed E-state index contributed by atoms with van der Waals surface area (Å²) >= 11 is 0. The molecule has 1 aromatic carbocycles. The Kier molecular flexibility index (Phi) is 2.56. The van der Waals surface area contributed by atoms with Gasteiger partial charge in [0.05, 0.1) is 0 Å². The Labute approximate surface area is 92.7 Å². The normalized spacial score (nSPS) is 10.0. The SMILES string of the molecule is C#CCn1nnnc1-c1ccc(O)c(C)c1. The molecule has 1 aromatic heterocycles. The fourth-order valence-electron chi connectivity index (χ4n) is 1.40. The number of benzene rings is 1. The minimum absolute atomic E-state index is 0.250. The van der Waals surface area contributed by atoms with Gasteiger partial charge in [0.15, 0.2) is 5.82 Å². The van der Waals surface area contributed by atoms with Crippen molar-refractivity contribution in [3.8, 4) is 29.5 Å². The fourth-order valence-corrected chi connectivity index (χ4v) is 1.40. The Balaban J connectivity index is 2.47. The molecule has 0 atom stereocenters. The number of aromatic nitrogens is 4. The van der Waals surface area contributed by atoms with Gasteiger partial charge in [-0.3, -0.25) is 0 Å². The second-order valence-electron chi connectivity index (χ2n) is 3.37. The maximum Gasteiger partial charge on any atom is 0.182 e. The van der Waals surface area contributed by atoms with Gasteiger partial charge in [0.25, 0.3) is 0 Å². The van der Waals surface area contributed by atoms with E-state index in [1.165, 1.54) is 4.68 Å². The van der Waals surface area contributed by atoms with Crippen molar-refractivity contribution in [1.29, 1.82) is 0 Å². The van der Waals surface area contributed by atoms with Crippen LogP contribution in [0.4, 0.5) is 0 Å². The predicted octanol–water partition coefficient (Wildman–Crippen LogP) is 0.987. The monoisotopic (exact) mass is 214 g/mol. The number of hydrogen-bond donors (Lipinski definition) is 1. The highest BCUT2D eigenvalue weighted by molar-refractivity contribution is 5.58. The van der Waals surface area contributed by atoms with Gasteiger partial charge < -0.3 is 5.11 Å². The first kappa shape index (κ1) is 10.2. The number of rotatable bonds is 2. The number of hydrogen-bond acceptors (Lipinski definition) is 4. The third-order valence-corrected chi connectivity index (χ3v) is 2.23. The smallest absolute Gasteiger partial charge is 0.182 e. The van der Waals surface area contributed by atoms with E-state index in [1.807, 2.05) is 13.0 Å². The average Bonchev–Trinajstić information content (AvgIpc) is 2.71. The molecule has 2 aromatic rings. The van der Waals surface area contributed by atoms with Gasteiger partial charge in [0, 0.05) is 5.56 Å². The molecule has 80 valence electrons. The number of phenolic OH excluding ortho intramolecular Hbond substituents is 1. The van der Waals surface area contributed by atoms with Crippen molar-refractivity contribution in [3.05, 3.63) is 23.8 Å². The second kappa shape index (κ2) is 4.03. The lowest BCUT2D eigenvalue weighted by Crippen LogP contribution is -2.01. The van der Waals surface area contributed by atoms with Crippen LogP contribution in [-0.2, 0) is 6.54 Å². The van der Waals surface area contributed by atoms with Crippen LogP contribution in [0.15, 0.2) is 18.2 Å². The molecule has 0 radical (unpaired) electrons. The molecule has 2 rings (SSSR count). The number of terminal acetylenes is 1. The summed E-state index contributed by atoms with van der Waals surface area (Å²) in [5.41, 5.74) is 1.60. The van der Waals surface area contributed by atoms with E-state index in [2.05, 4.69) is 21.4 Å². The number of aryl methyl sites for hydroxylation is 1. The highest BCUT2D eigenvalue weighted by Gasteiger charge is 2.08. The van der Waals surface area contributed by atoms with Gasteiger partial charge in [-0.15, -0.1) is 11.5 Å². The summed E-state index contributed by atoms with van der Waals surface area (Å²) in [6.07, 6.45) is 5.21.